The van der Waals surface area contributed by atoms with E-state index in [0.29, 0.717) is 11.4 Å². The van der Waals surface area contributed by atoms with Crippen molar-refractivity contribution in [3.8, 4) is 0 Å². The summed E-state index contributed by atoms with van der Waals surface area (Å²) in [6.07, 6.45) is 3.13. The average molecular weight is 322 g/mol. The minimum absolute atomic E-state index is 0.0398. The van der Waals surface area contributed by atoms with E-state index in [-0.39, 0.29) is 24.3 Å². The van der Waals surface area contributed by atoms with E-state index in [0.717, 1.165) is 11.0 Å². The number of Topliss-reactive ketones (excluding diaryl/α,β-unsaturated/α-hetero) is 1. The van der Waals surface area contributed by atoms with Gasteiger partial charge in [0.25, 0.3) is 5.91 Å². The van der Waals surface area contributed by atoms with E-state index >= 15 is 0 Å². The highest BCUT2D eigenvalue weighted by molar-refractivity contribution is 5.93. The van der Waals surface area contributed by atoms with Gasteiger partial charge < -0.3 is 9.88 Å². The van der Waals surface area contributed by atoms with E-state index in [2.05, 4.69) is 15.3 Å². The number of nitrogens with one attached hydrogen (secondary N) is 1. The molecule has 1 N–H and O–H groups in total. The van der Waals surface area contributed by atoms with Gasteiger partial charge in [0.2, 0.25) is 0 Å². The Bertz CT molecular complexity index is 886. The quantitative estimate of drug-likeness (QED) is 0.783. The number of carbonyl (C=O) groups is 2. The van der Waals surface area contributed by atoms with Crippen LogP contribution < -0.4 is 5.32 Å². The van der Waals surface area contributed by atoms with Crippen LogP contribution in [0.3, 0.4) is 0 Å². The Labute approximate surface area is 139 Å². The maximum absolute atomic E-state index is 12.2. The molecule has 1 unspecified atom stereocenters. The Balaban J connectivity index is 1.90. The molecule has 0 spiro atoms. The van der Waals surface area contributed by atoms with Gasteiger partial charge in [-0.05, 0) is 38.1 Å². The van der Waals surface area contributed by atoms with E-state index in [9.17, 15) is 9.59 Å². The number of nitrogens with zero attached hydrogens (tertiary/aromatic N) is 3. The summed E-state index contributed by atoms with van der Waals surface area (Å²) >= 11 is 0. The third-order valence-corrected chi connectivity index (χ3v) is 3.98. The minimum atomic E-state index is -0.345. The number of hydrogen-bond acceptors (Lipinski definition) is 4. The summed E-state index contributed by atoms with van der Waals surface area (Å²) in [7, 11) is 0. The van der Waals surface area contributed by atoms with Crippen LogP contribution in [-0.2, 0) is 11.3 Å². The van der Waals surface area contributed by atoms with E-state index in [1.165, 1.54) is 6.20 Å². The van der Waals surface area contributed by atoms with Crippen molar-refractivity contribution >= 4 is 22.7 Å². The van der Waals surface area contributed by atoms with Crippen LogP contribution in [0.2, 0.25) is 0 Å². The molecule has 0 aliphatic heterocycles. The van der Waals surface area contributed by atoms with Gasteiger partial charge in [0, 0.05) is 12.4 Å². The van der Waals surface area contributed by atoms with Crippen LogP contribution in [0.25, 0.3) is 11.0 Å². The molecule has 3 rings (SSSR count). The topological polar surface area (TPSA) is 76.9 Å². The monoisotopic (exact) mass is 322 g/mol. The molecule has 1 aromatic carbocycles. The summed E-state index contributed by atoms with van der Waals surface area (Å²) in [6.45, 7) is 3.63. The smallest absolute Gasteiger partial charge is 0.253 e. The molecule has 0 radical (unpaired) electrons. The summed E-state index contributed by atoms with van der Waals surface area (Å²) in [6, 6.07) is 10.7. The van der Waals surface area contributed by atoms with Crippen LogP contribution in [-0.4, -0.2) is 26.2 Å². The Morgan fingerprint density at radius 1 is 1.21 bits per heavy atom. The first-order valence-corrected chi connectivity index (χ1v) is 7.72. The number of aromatic nitrogens is 3. The Morgan fingerprint density at radius 3 is 2.71 bits per heavy atom. The van der Waals surface area contributed by atoms with Crippen LogP contribution in [0.1, 0.15) is 36.1 Å². The Morgan fingerprint density at radius 2 is 2.00 bits per heavy atom. The molecule has 0 saturated heterocycles. The number of carbonyl (C=O) groups excluding carboxylic acids is 2. The lowest BCUT2D eigenvalue weighted by molar-refractivity contribution is -0.119. The number of fused-ring (bicyclic) bond motifs is 1. The molecule has 24 heavy (non-hydrogen) atoms. The number of rotatable bonds is 5. The number of ketones is 1. The second-order valence-corrected chi connectivity index (χ2v) is 5.60. The van der Waals surface area contributed by atoms with E-state index < -0.39 is 0 Å². The molecule has 0 aliphatic carbocycles. The summed E-state index contributed by atoms with van der Waals surface area (Å²) in [5.41, 5.74) is 2.17. The molecule has 0 aliphatic rings. The number of pyridine rings is 1. The van der Waals surface area contributed by atoms with Gasteiger partial charge in [0.15, 0.2) is 5.78 Å². The molecule has 0 saturated carbocycles. The van der Waals surface area contributed by atoms with Crippen LogP contribution in [0.15, 0.2) is 48.8 Å². The standard InChI is InChI=1S/C18H18N4O2/c1-12(13(2)23)22-16-8-4-3-7-15(16)21-17(22)11-20-18(24)14-6-5-9-19-10-14/h3-10,12H,11H2,1-2H3,(H,20,24). The van der Waals surface area contributed by atoms with Crippen molar-refractivity contribution in [3.05, 3.63) is 60.2 Å². The van der Waals surface area contributed by atoms with Crippen molar-refractivity contribution < 1.29 is 9.59 Å². The molecule has 1 amide bonds. The molecule has 2 aromatic heterocycles. The number of amides is 1. The zero-order valence-electron chi connectivity index (χ0n) is 13.6. The molecule has 122 valence electrons. The SMILES string of the molecule is CC(=O)C(C)n1c(CNC(=O)c2cccnc2)nc2ccccc21. The first-order chi connectivity index (χ1) is 11.6. The van der Waals surface area contributed by atoms with Crippen LogP contribution in [0.4, 0.5) is 0 Å². The largest absolute Gasteiger partial charge is 0.345 e. The van der Waals surface area contributed by atoms with Gasteiger partial charge in [-0.25, -0.2) is 4.98 Å². The summed E-state index contributed by atoms with van der Waals surface area (Å²) in [4.78, 5) is 32.5. The van der Waals surface area contributed by atoms with Crippen molar-refractivity contribution in [2.75, 3.05) is 0 Å². The molecule has 2 heterocycles. The van der Waals surface area contributed by atoms with Gasteiger partial charge in [-0.1, -0.05) is 12.1 Å². The van der Waals surface area contributed by atoms with Gasteiger partial charge in [0.05, 0.1) is 29.2 Å². The van der Waals surface area contributed by atoms with Crippen molar-refractivity contribution in [2.45, 2.75) is 26.4 Å². The predicted molar refractivity (Wildman–Crippen MR) is 90.5 cm³/mol. The molecule has 6 heteroatoms. The summed E-state index contributed by atoms with van der Waals surface area (Å²) < 4.78 is 1.88. The van der Waals surface area contributed by atoms with E-state index in [4.69, 9.17) is 0 Å². The third kappa shape index (κ3) is 3.03. The zero-order valence-corrected chi connectivity index (χ0v) is 13.6. The molecule has 0 fully saturated rings. The highest BCUT2D eigenvalue weighted by Gasteiger charge is 2.19. The fourth-order valence-electron chi connectivity index (χ4n) is 2.59. The molecular weight excluding hydrogens is 304 g/mol. The van der Waals surface area contributed by atoms with Crippen molar-refractivity contribution in [3.63, 3.8) is 0 Å². The second-order valence-electron chi connectivity index (χ2n) is 5.60. The molecule has 3 aromatic rings. The summed E-state index contributed by atoms with van der Waals surface area (Å²) in [5.74, 6) is 0.464. The number of imidazole rings is 1. The molecule has 6 nitrogen and oxygen atoms in total. The minimum Gasteiger partial charge on any atom is -0.345 e. The van der Waals surface area contributed by atoms with Gasteiger partial charge in [-0.3, -0.25) is 14.6 Å². The number of benzene rings is 1. The Hall–Kier alpha value is -3.02. The van der Waals surface area contributed by atoms with Crippen LogP contribution in [0, 0.1) is 0 Å². The third-order valence-electron chi connectivity index (χ3n) is 3.98. The maximum Gasteiger partial charge on any atom is 0.253 e. The van der Waals surface area contributed by atoms with Crippen molar-refractivity contribution in [1.29, 1.82) is 0 Å². The fourth-order valence-corrected chi connectivity index (χ4v) is 2.59. The number of hydrogen-bond donors (Lipinski definition) is 1. The first kappa shape index (κ1) is 15.9. The van der Waals surface area contributed by atoms with Gasteiger partial charge in [-0.2, -0.15) is 0 Å². The fraction of sp³-hybridized carbons (Fsp3) is 0.222. The normalized spacial score (nSPS) is 12.1. The van der Waals surface area contributed by atoms with Crippen LogP contribution >= 0.6 is 0 Å². The first-order valence-electron chi connectivity index (χ1n) is 7.72. The predicted octanol–water partition coefficient (Wildman–Crippen LogP) is 2.51. The molecule has 1 atom stereocenters. The lowest BCUT2D eigenvalue weighted by atomic mass is 10.2. The van der Waals surface area contributed by atoms with Gasteiger partial charge in [0.1, 0.15) is 5.82 Å². The van der Waals surface area contributed by atoms with Crippen molar-refractivity contribution in [2.24, 2.45) is 0 Å². The van der Waals surface area contributed by atoms with Gasteiger partial charge in [-0.15, -0.1) is 0 Å². The number of para-hydroxylation sites is 2. The average Bonchev–Trinajstić information content (AvgIpc) is 2.97. The molecule has 0 bridgehead atoms. The Kier molecular flexibility index (Phi) is 4.37. The highest BCUT2D eigenvalue weighted by Crippen LogP contribution is 2.21. The van der Waals surface area contributed by atoms with Crippen molar-refractivity contribution in [1.82, 2.24) is 19.9 Å². The highest BCUT2D eigenvalue weighted by atomic mass is 16.1. The summed E-state index contributed by atoms with van der Waals surface area (Å²) in [5, 5.41) is 2.84. The van der Waals surface area contributed by atoms with E-state index in [1.54, 1.807) is 25.3 Å². The van der Waals surface area contributed by atoms with Crippen LogP contribution in [0.5, 0.6) is 0 Å². The lowest BCUT2D eigenvalue weighted by Gasteiger charge is -2.15. The molecular formula is C18H18N4O2. The maximum atomic E-state index is 12.2. The zero-order chi connectivity index (χ0) is 17.1. The lowest BCUT2D eigenvalue weighted by Crippen LogP contribution is -2.26. The van der Waals surface area contributed by atoms with Gasteiger partial charge >= 0.3 is 0 Å². The second kappa shape index (κ2) is 6.62. The van der Waals surface area contributed by atoms with E-state index in [1.807, 2.05) is 35.8 Å².